The van der Waals surface area contributed by atoms with Gasteiger partial charge in [0.1, 0.15) is 5.02 Å². The number of methoxy groups -OCH3 is 2. The van der Waals surface area contributed by atoms with E-state index in [2.05, 4.69) is 16.0 Å². The van der Waals surface area contributed by atoms with Gasteiger partial charge >= 0.3 is 0 Å². The van der Waals surface area contributed by atoms with E-state index in [1.54, 1.807) is 32.4 Å². The Morgan fingerprint density at radius 1 is 1.10 bits per heavy atom. The van der Waals surface area contributed by atoms with Crippen molar-refractivity contribution in [2.45, 2.75) is 17.3 Å². The summed E-state index contributed by atoms with van der Waals surface area (Å²) in [6.07, 6.45) is 0.382. The normalized spacial score (nSPS) is 10.4. The second-order valence-electron chi connectivity index (χ2n) is 6.10. The number of ether oxygens (including phenoxy) is 2. The Morgan fingerprint density at radius 3 is 2.45 bits per heavy atom. The van der Waals surface area contributed by atoms with Gasteiger partial charge in [-0.1, -0.05) is 41.6 Å². The molecular weight excluding hydrogens is 410 g/mol. The van der Waals surface area contributed by atoms with E-state index in [9.17, 15) is 4.79 Å². The molecule has 1 aromatic heterocycles. The molecule has 1 heterocycles. The molecule has 29 heavy (non-hydrogen) atoms. The molecule has 0 aliphatic rings. The average molecular weight is 428 g/mol. The third-order valence-corrected chi connectivity index (χ3v) is 5.52. The van der Waals surface area contributed by atoms with Crippen molar-refractivity contribution in [1.82, 2.24) is 9.97 Å². The summed E-state index contributed by atoms with van der Waals surface area (Å²) in [5.41, 5.74) is 2.64. The first-order valence-corrected chi connectivity index (χ1v) is 10.0. The first-order valence-electron chi connectivity index (χ1n) is 8.65. The highest BCUT2D eigenvalue weighted by molar-refractivity contribution is 7.98. The van der Waals surface area contributed by atoms with Gasteiger partial charge in [0.2, 0.25) is 0 Å². The molecule has 0 amide bonds. The van der Waals surface area contributed by atoms with Crippen LogP contribution in [0.4, 0.5) is 0 Å². The zero-order valence-corrected chi connectivity index (χ0v) is 17.4. The van der Waals surface area contributed by atoms with E-state index >= 15 is 0 Å². The van der Waals surface area contributed by atoms with Crippen molar-refractivity contribution in [3.8, 4) is 17.6 Å². The number of thioether (sulfide) groups is 1. The molecular formula is C21H18ClN3O3S. The van der Waals surface area contributed by atoms with Crippen molar-refractivity contribution < 1.29 is 9.47 Å². The molecule has 0 unspecified atom stereocenters. The van der Waals surface area contributed by atoms with Crippen LogP contribution in [0.2, 0.25) is 5.02 Å². The Bertz CT molecular complexity index is 1110. The molecule has 148 valence electrons. The van der Waals surface area contributed by atoms with Crippen LogP contribution in [0.5, 0.6) is 11.5 Å². The molecule has 0 aliphatic carbocycles. The summed E-state index contributed by atoms with van der Waals surface area (Å²) < 4.78 is 10.6. The number of halogens is 1. The van der Waals surface area contributed by atoms with Crippen molar-refractivity contribution in [2.24, 2.45) is 0 Å². The Kier molecular flexibility index (Phi) is 6.81. The Balaban J connectivity index is 1.80. The minimum absolute atomic E-state index is 0.0718. The van der Waals surface area contributed by atoms with Gasteiger partial charge in [-0.2, -0.15) is 5.26 Å². The Labute approximate surface area is 177 Å². The number of H-pyrrole nitrogens is 1. The van der Waals surface area contributed by atoms with E-state index in [0.717, 1.165) is 11.1 Å². The van der Waals surface area contributed by atoms with Crippen LogP contribution in [0.1, 0.15) is 22.4 Å². The minimum Gasteiger partial charge on any atom is -0.493 e. The van der Waals surface area contributed by atoms with Gasteiger partial charge in [-0.25, -0.2) is 4.98 Å². The molecule has 0 bridgehead atoms. The van der Waals surface area contributed by atoms with Gasteiger partial charge in [0.05, 0.1) is 31.5 Å². The fourth-order valence-electron chi connectivity index (χ4n) is 2.68. The highest BCUT2D eigenvalue weighted by atomic mass is 35.5. The van der Waals surface area contributed by atoms with Crippen molar-refractivity contribution in [3.63, 3.8) is 0 Å². The highest BCUT2D eigenvalue weighted by Crippen LogP contribution is 2.29. The summed E-state index contributed by atoms with van der Waals surface area (Å²) in [6.45, 7) is 0. The number of rotatable bonds is 7. The standard InChI is InChI=1S/C21H18ClN3O3S/c1-27-17-8-7-15(10-18(17)28-2)9-16-19(22)20(26)25-21(24-16)29-12-14-5-3-13(11-23)4-6-14/h3-8,10H,9,12H2,1-2H3,(H,24,25,26). The van der Waals surface area contributed by atoms with Crippen molar-refractivity contribution >= 4 is 23.4 Å². The number of nitrogens with one attached hydrogen (secondary N) is 1. The second-order valence-corrected chi connectivity index (χ2v) is 7.44. The molecule has 0 spiro atoms. The molecule has 0 saturated carbocycles. The molecule has 1 N–H and O–H groups in total. The average Bonchev–Trinajstić information content (AvgIpc) is 2.75. The summed E-state index contributed by atoms with van der Waals surface area (Å²) in [4.78, 5) is 19.5. The minimum atomic E-state index is -0.375. The highest BCUT2D eigenvalue weighted by Gasteiger charge is 2.13. The molecule has 2 aromatic carbocycles. The lowest BCUT2D eigenvalue weighted by Gasteiger charge is -2.10. The van der Waals surface area contributed by atoms with Gasteiger partial charge in [0, 0.05) is 12.2 Å². The summed E-state index contributed by atoms with van der Waals surface area (Å²) in [5.74, 6) is 1.83. The molecule has 0 fully saturated rings. The number of nitrogens with zero attached hydrogens (tertiary/aromatic N) is 2. The number of nitriles is 1. The first-order chi connectivity index (χ1) is 14.0. The van der Waals surface area contributed by atoms with Crippen molar-refractivity contribution in [2.75, 3.05) is 14.2 Å². The van der Waals surface area contributed by atoms with Crippen LogP contribution in [0.15, 0.2) is 52.4 Å². The molecule has 0 aliphatic heterocycles. The third-order valence-electron chi connectivity index (χ3n) is 4.19. The zero-order valence-electron chi connectivity index (χ0n) is 15.9. The van der Waals surface area contributed by atoms with E-state index in [4.69, 9.17) is 26.3 Å². The van der Waals surface area contributed by atoms with Crippen molar-refractivity contribution in [3.05, 3.63) is 80.2 Å². The maximum absolute atomic E-state index is 12.2. The smallest absolute Gasteiger partial charge is 0.270 e. The van der Waals surface area contributed by atoms with Gasteiger partial charge in [-0.3, -0.25) is 4.79 Å². The summed E-state index contributed by atoms with van der Waals surface area (Å²) in [7, 11) is 3.14. The number of benzene rings is 2. The molecule has 0 saturated heterocycles. The van der Waals surface area contributed by atoms with Crippen LogP contribution in [0.3, 0.4) is 0 Å². The molecule has 0 radical (unpaired) electrons. The number of hydrogen-bond donors (Lipinski definition) is 1. The number of aromatic amines is 1. The lowest BCUT2D eigenvalue weighted by atomic mass is 10.1. The second kappa shape index (κ2) is 9.50. The topological polar surface area (TPSA) is 88.0 Å². The monoisotopic (exact) mass is 427 g/mol. The van der Waals surface area contributed by atoms with Crippen molar-refractivity contribution in [1.29, 1.82) is 5.26 Å². The lowest BCUT2D eigenvalue weighted by Crippen LogP contribution is -2.13. The first kappa shape index (κ1) is 20.8. The van der Waals surface area contributed by atoms with Crippen LogP contribution < -0.4 is 15.0 Å². The van der Waals surface area contributed by atoms with Gasteiger partial charge < -0.3 is 14.5 Å². The maximum atomic E-state index is 12.2. The van der Waals surface area contributed by atoms with Gasteiger partial charge in [-0.15, -0.1) is 0 Å². The van der Waals surface area contributed by atoms with Gasteiger partial charge in [-0.05, 0) is 35.4 Å². The fourth-order valence-corrected chi connectivity index (χ4v) is 3.67. The summed E-state index contributed by atoms with van der Waals surface area (Å²) in [6, 6.07) is 14.9. The SMILES string of the molecule is COc1ccc(Cc2nc(SCc3ccc(C#N)cc3)[nH]c(=O)c2Cl)cc1OC. The maximum Gasteiger partial charge on any atom is 0.270 e. The Hall–Kier alpha value is -2.95. The largest absolute Gasteiger partial charge is 0.493 e. The molecule has 8 heteroatoms. The number of hydrogen-bond acceptors (Lipinski definition) is 6. The predicted molar refractivity (Wildman–Crippen MR) is 113 cm³/mol. The van der Waals surface area contributed by atoms with E-state index in [0.29, 0.717) is 40.1 Å². The quantitative estimate of drug-likeness (QED) is 0.449. The van der Waals surface area contributed by atoms with Crippen LogP contribution in [0, 0.1) is 11.3 Å². The van der Waals surface area contributed by atoms with Crippen LogP contribution in [0.25, 0.3) is 0 Å². The van der Waals surface area contributed by atoms with E-state index in [1.807, 2.05) is 24.3 Å². The predicted octanol–water partition coefficient (Wildman–Crippen LogP) is 4.20. The summed E-state index contributed by atoms with van der Waals surface area (Å²) >= 11 is 7.59. The Morgan fingerprint density at radius 2 is 1.79 bits per heavy atom. The molecule has 3 rings (SSSR count). The third kappa shape index (κ3) is 5.11. The zero-order chi connectivity index (χ0) is 20.8. The van der Waals surface area contributed by atoms with Crippen LogP contribution in [-0.2, 0) is 12.2 Å². The van der Waals surface area contributed by atoms with Gasteiger partial charge in [0.25, 0.3) is 5.56 Å². The van der Waals surface area contributed by atoms with Crippen LogP contribution in [-0.4, -0.2) is 24.2 Å². The van der Waals surface area contributed by atoms with E-state index in [1.165, 1.54) is 11.8 Å². The van der Waals surface area contributed by atoms with E-state index in [-0.39, 0.29) is 10.6 Å². The fraction of sp³-hybridized carbons (Fsp3) is 0.190. The van der Waals surface area contributed by atoms with Gasteiger partial charge in [0.15, 0.2) is 16.7 Å². The van der Waals surface area contributed by atoms with E-state index < -0.39 is 0 Å². The molecule has 6 nitrogen and oxygen atoms in total. The lowest BCUT2D eigenvalue weighted by molar-refractivity contribution is 0.354. The molecule has 0 atom stereocenters. The molecule has 3 aromatic rings. The van der Waals surface area contributed by atoms with Crippen LogP contribution >= 0.6 is 23.4 Å². The number of aromatic nitrogens is 2. The summed E-state index contributed by atoms with van der Waals surface area (Å²) in [5, 5.41) is 9.43.